The predicted molar refractivity (Wildman–Crippen MR) is 104 cm³/mol. The Bertz CT molecular complexity index is 1100. The summed E-state index contributed by atoms with van der Waals surface area (Å²) < 4.78 is 12.9. The lowest BCUT2D eigenvalue weighted by Gasteiger charge is -2.03. The van der Waals surface area contributed by atoms with Crippen molar-refractivity contribution in [3.8, 4) is 0 Å². The molecule has 3 aromatic heterocycles. The number of H-pyrrole nitrogens is 1. The molecule has 0 bridgehead atoms. The Kier molecular flexibility index (Phi) is 4.69. The molecular formula is C18H13FN4O2S2. The van der Waals surface area contributed by atoms with Crippen molar-refractivity contribution in [1.29, 1.82) is 0 Å². The fourth-order valence-electron chi connectivity index (χ4n) is 2.47. The maximum atomic E-state index is 12.9. The molecular weight excluding hydrogens is 387 g/mol. The summed E-state index contributed by atoms with van der Waals surface area (Å²) in [5.41, 5.74) is 0.802. The van der Waals surface area contributed by atoms with Crippen LogP contribution in [-0.2, 0) is 6.54 Å². The number of aromatic nitrogens is 2. The topological polar surface area (TPSA) is 86.9 Å². The van der Waals surface area contributed by atoms with Gasteiger partial charge in [-0.05, 0) is 35.2 Å². The predicted octanol–water partition coefficient (Wildman–Crippen LogP) is 4.01. The Morgan fingerprint density at radius 2 is 1.93 bits per heavy atom. The van der Waals surface area contributed by atoms with Crippen molar-refractivity contribution in [3.63, 3.8) is 0 Å². The van der Waals surface area contributed by atoms with Crippen molar-refractivity contribution in [3.05, 3.63) is 69.0 Å². The lowest BCUT2D eigenvalue weighted by Crippen LogP contribution is -2.21. The number of nitrogens with one attached hydrogen (secondary N) is 3. The summed E-state index contributed by atoms with van der Waals surface area (Å²) in [6, 6.07) is 11.2. The van der Waals surface area contributed by atoms with Gasteiger partial charge in [0.25, 0.3) is 11.8 Å². The van der Waals surface area contributed by atoms with Gasteiger partial charge < -0.3 is 10.6 Å². The SMILES string of the molecule is O=C(Nc1[nH]nc2sc(C(=O)NCc3ccc(F)cc3)cc12)c1cccs1. The summed E-state index contributed by atoms with van der Waals surface area (Å²) in [7, 11) is 0. The molecule has 6 nitrogen and oxygen atoms in total. The third-order valence-electron chi connectivity index (χ3n) is 3.82. The van der Waals surface area contributed by atoms with Crippen molar-refractivity contribution >= 4 is 50.5 Å². The first-order valence-corrected chi connectivity index (χ1v) is 9.65. The first-order valence-electron chi connectivity index (χ1n) is 7.95. The summed E-state index contributed by atoms with van der Waals surface area (Å²) in [6.45, 7) is 0.294. The standard InChI is InChI=1S/C18H13FN4O2S2/c19-11-5-3-10(4-6-11)9-20-16(24)14-8-12-15(22-23-18(12)27-14)21-17(25)13-2-1-7-26-13/h1-8H,9H2,(H,20,24)(H2,21,22,23,25). The van der Waals surface area contributed by atoms with Gasteiger partial charge in [0.2, 0.25) is 0 Å². The lowest BCUT2D eigenvalue weighted by molar-refractivity contribution is 0.0954. The van der Waals surface area contributed by atoms with Crippen molar-refractivity contribution in [2.24, 2.45) is 0 Å². The second-order valence-corrected chi connectivity index (χ2v) is 7.65. The van der Waals surface area contributed by atoms with Crippen LogP contribution in [0.4, 0.5) is 10.2 Å². The highest BCUT2D eigenvalue weighted by atomic mass is 32.1. The summed E-state index contributed by atoms with van der Waals surface area (Å²) in [5, 5.41) is 15.0. The first-order chi connectivity index (χ1) is 13.1. The molecule has 0 radical (unpaired) electrons. The number of benzene rings is 1. The zero-order valence-corrected chi connectivity index (χ0v) is 15.4. The molecule has 0 aliphatic heterocycles. The van der Waals surface area contributed by atoms with Crippen molar-refractivity contribution in [2.45, 2.75) is 6.54 Å². The van der Waals surface area contributed by atoms with Gasteiger partial charge in [0.05, 0.1) is 15.1 Å². The largest absolute Gasteiger partial charge is 0.347 e. The van der Waals surface area contributed by atoms with Crippen LogP contribution in [0.3, 0.4) is 0 Å². The molecule has 4 aromatic rings. The number of hydrogen-bond acceptors (Lipinski definition) is 5. The molecule has 136 valence electrons. The fourth-order valence-corrected chi connectivity index (χ4v) is 4.00. The van der Waals surface area contributed by atoms with Crippen LogP contribution in [0.5, 0.6) is 0 Å². The molecule has 3 heterocycles. The van der Waals surface area contributed by atoms with Gasteiger partial charge in [-0.25, -0.2) is 4.39 Å². The third kappa shape index (κ3) is 3.74. The number of amides is 2. The quantitative estimate of drug-likeness (QED) is 0.473. The number of anilines is 1. The van der Waals surface area contributed by atoms with Gasteiger partial charge in [-0.15, -0.1) is 22.7 Å². The van der Waals surface area contributed by atoms with E-state index in [0.29, 0.717) is 32.3 Å². The molecule has 0 atom stereocenters. The van der Waals surface area contributed by atoms with Gasteiger partial charge >= 0.3 is 0 Å². The fraction of sp³-hybridized carbons (Fsp3) is 0.0556. The molecule has 9 heteroatoms. The Morgan fingerprint density at radius 1 is 1.11 bits per heavy atom. The van der Waals surface area contributed by atoms with E-state index < -0.39 is 0 Å². The van der Waals surface area contributed by atoms with Crippen molar-refractivity contribution < 1.29 is 14.0 Å². The van der Waals surface area contributed by atoms with Gasteiger partial charge in [-0.2, -0.15) is 5.10 Å². The Labute approximate surface area is 161 Å². The number of rotatable bonds is 5. The summed E-state index contributed by atoms with van der Waals surface area (Å²) in [5.74, 6) is -0.347. The summed E-state index contributed by atoms with van der Waals surface area (Å²) >= 11 is 2.57. The summed E-state index contributed by atoms with van der Waals surface area (Å²) in [6.07, 6.45) is 0. The number of thiophene rings is 2. The van der Waals surface area contributed by atoms with Crippen LogP contribution in [0.1, 0.15) is 24.9 Å². The normalized spacial score (nSPS) is 10.9. The van der Waals surface area contributed by atoms with Gasteiger partial charge in [-0.1, -0.05) is 18.2 Å². The second kappa shape index (κ2) is 7.29. The zero-order chi connectivity index (χ0) is 18.8. The maximum Gasteiger partial charge on any atom is 0.266 e. The monoisotopic (exact) mass is 400 g/mol. The maximum absolute atomic E-state index is 12.9. The van der Waals surface area contributed by atoms with Crippen molar-refractivity contribution in [1.82, 2.24) is 15.5 Å². The number of halogens is 1. The number of carbonyl (C=O) groups excluding carboxylic acids is 2. The number of carbonyl (C=O) groups is 2. The van der Waals surface area contributed by atoms with E-state index in [9.17, 15) is 14.0 Å². The Balaban J connectivity index is 1.46. The number of nitrogens with zero attached hydrogens (tertiary/aromatic N) is 1. The highest BCUT2D eigenvalue weighted by molar-refractivity contribution is 7.20. The van der Waals surface area contributed by atoms with Gasteiger partial charge in [0, 0.05) is 6.54 Å². The lowest BCUT2D eigenvalue weighted by atomic mass is 10.2. The molecule has 1 aromatic carbocycles. The van der Waals surface area contributed by atoms with Crippen LogP contribution in [0, 0.1) is 5.82 Å². The van der Waals surface area contributed by atoms with Crippen LogP contribution in [0.25, 0.3) is 10.2 Å². The number of hydrogen-bond donors (Lipinski definition) is 3. The molecule has 0 saturated heterocycles. The van der Waals surface area contributed by atoms with Crippen LogP contribution in [0.15, 0.2) is 47.8 Å². The van der Waals surface area contributed by atoms with E-state index in [1.54, 1.807) is 30.3 Å². The molecule has 0 spiro atoms. The van der Waals surface area contributed by atoms with Crippen LogP contribution >= 0.6 is 22.7 Å². The number of fused-ring (bicyclic) bond motifs is 1. The zero-order valence-electron chi connectivity index (χ0n) is 13.8. The smallest absolute Gasteiger partial charge is 0.266 e. The molecule has 0 aliphatic rings. The van der Waals surface area contributed by atoms with Crippen LogP contribution < -0.4 is 10.6 Å². The van der Waals surface area contributed by atoms with Crippen LogP contribution in [0.2, 0.25) is 0 Å². The highest BCUT2D eigenvalue weighted by Gasteiger charge is 2.17. The number of aromatic amines is 1. The average Bonchev–Trinajstić information content (AvgIpc) is 3.39. The minimum absolute atomic E-state index is 0.232. The van der Waals surface area contributed by atoms with Crippen molar-refractivity contribution in [2.75, 3.05) is 5.32 Å². The molecule has 0 aliphatic carbocycles. The van der Waals surface area contributed by atoms with E-state index in [1.165, 1.54) is 34.8 Å². The van der Waals surface area contributed by atoms with E-state index in [1.807, 2.05) is 5.38 Å². The Hall–Kier alpha value is -3.04. The van der Waals surface area contributed by atoms with Crippen LogP contribution in [-0.4, -0.2) is 22.0 Å². The van der Waals surface area contributed by atoms with Gasteiger partial charge in [0.15, 0.2) is 0 Å². The Morgan fingerprint density at radius 3 is 2.67 bits per heavy atom. The van der Waals surface area contributed by atoms with E-state index in [-0.39, 0.29) is 17.6 Å². The van der Waals surface area contributed by atoms with Gasteiger partial charge in [0.1, 0.15) is 16.5 Å². The van der Waals surface area contributed by atoms with E-state index in [4.69, 9.17) is 0 Å². The minimum Gasteiger partial charge on any atom is -0.347 e. The van der Waals surface area contributed by atoms with Gasteiger partial charge in [-0.3, -0.25) is 14.7 Å². The minimum atomic E-state index is -0.318. The summed E-state index contributed by atoms with van der Waals surface area (Å²) in [4.78, 5) is 26.3. The molecule has 0 saturated carbocycles. The van der Waals surface area contributed by atoms with E-state index >= 15 is 0 Å². The van der Waals surface area contributed by atoms with E-state index in [0.717, 1.165) is 5.56 Å². The molecule has 2 amide bonds. The van der Waals surface area contributed by atoms with E-state index in [2.05, 4.69) is 20.8 Å². The molecule has 0 fully saturated rings. The highest BCUT2D eigenvalue weighted by Crippen LogP contribution is 2.29. The molecule has 27 heavy (non-hydrogen) atoms. The molecule has 3 N–H and O–H groups in total. The average molecular weight is 400 g/mol. The second-order valence-electron chi connectivity index (χ2n) is 5.67. The molecule has 4 rings (SSSR count). The molecule has 0 unspecified atom stereocenters. The third-order valence-corrected chi connectivity index (χ3v) is 5.72. The first kappa shape index (κ1) is 17.4.